The van der Waals surface area contributed by atoms with Crippen molar-refractivity contribution in [2.24, 2.45) is 0 Å². The van der Waals surface area contributed by atoms with Gasteiger partial charge in [0.05, 0.1) is 17.9 Å². The van der Waals surface area contributed by atoms with E-state index < -0.39 is 0 Å². The smallest absolute Gasteiger partial charge is 0.0823 e. The molecule has 0 amide bonds. The van der Waals surface area contributed by atoms with E-state index in [4.69, 9.17) is 5.73 Å². The quantitative estimate of drug-likeness (QED) is 0.803. The molecule has 4 heteroatoms. The van der Waals surface area contributed by atoms with Crippen molar-refractivity contribution >= 4 is 5.69 Å². The Morgan fingerprint density at radius 1 is 1.40 bits per heavy atom. The Bertz CT molecular complexity index is 454. The van der Waals surface area contributed by atoms with Gasteiger partial charge in [-0.05, 0) is 31.5 Å². The summed E-state index contributed by atoms with van der Waals surface area (Å²) < 4.78 is 1.85. The van der Waals surface area contributed by atoms with Crippen molar-refractivity contribution in [1.82, 2.24) is 14.8 Å². The van der Waals surface area contributed by atoms with Crippen LogP contribution in [0.3, 0.4) is 0 Å². The molecule has 0 aromatic carbocycles. The van der Waals surface area contributed by atoms with Crippen LogP contribution in [-0.2, 0) is 6.54 Å². The van der Waals surface area contributed by atoms with Crippen LogP contribution in [0.1, 0.15) is 17.0 Å². The largest absolute Gasteiger partial charge is 0.396 e. The van der Waals surface area contributed by atoms with Gasteiger partial charge in [-0.1, -0.05) is 0 Å². The van der Waals surface area contributed by atoms with E-state index in [1.54, 1.807) is 0 Å². The Balaban J connectivity index is 2.22. The Morgan fingerprint density at radius 2 is 2.20 bits per heavy atom. The molecule has 0 unspecified atom stereocenters. The van der Waals surface area contributed by atoms with Gasteiger partial charge in [-0.2, -0.15) is 5.10 Å². The first kappa shape index (κ1) is 9.71. The molecule has 0 radical (unpaired) electrons. The molecule has 2 N–H and O–H groups in total. The average Bonchev–Trinajstić information content (AvgIpc) is 2.45. The van der Waals surface area contributed by atoms with E-state index in [0.29, 0.717) is 0 Å². The molecule has 4 nitrogen and oxygen atoms in total. The maximum absolute atomic E-state index is 5.73. The maximum Gasteiger partial charge on any atom is 0.0823 e. The summed E-state index contributed by atoms with van der Waals surface area (Å²) in [5, 5.41) is 4.31. The molecule has 2 rings (SSSR count). The van der Waals surface area contributed by atoms with E-state index in [2.05, 4.69) is 10.1 Å². The van der Waals surface area contributed by atoms with Crippen molar-refractivity contribution in [3.63, 3.8) is 0 Å². The number of nitrogen functional groups attached to an aromatic ring is 1. The van der Waals surface area contributed by atoms with Crippen LogP contribution in [0.15, 0.2) is 24.5 Å². The summed E-state index contributed by atoms with van der Waals surface area (Å²) in [5.41, 5.74) is 9.54. The van der Waals surface area contributed by atoms with Gasteiger partial charge in [-0.15, -0.1) is 0 Å². The number of aryl methyl sites for hydroxylation is 2. The van der Waals surface area contributed by atoms with Gasteiger partial charge in [0.15, 0.2) is 0 Å². The third kappa shape index (κ3) is 2.15. The molecule has 0 saturated carbocycles. The van der Waals surface area contributed by atoms with Crippen molar-refractivity contribution in [2.75, 3.05) is 5.73 Å². The fraction of sp³-hybridized carbons (Fsp3) is 0.273. The summed E-state index contributed by atoms with van der Waals surface area (Å²) in [4.78, 5) is 4.15. The molecule has 0 saturated heterocycles. The number of anilines is 1. The Kier molecular flexibility index (Phi) is 2.41. The number of aromatic nitrogens is 3. The van der Waals surface area contributed by atoms with Gasteiger partial charge >= 0.3 is 0 Å². The molecule has 2 heterocycles. The fourth-order valence-electron chi connectivity index (χ4n) is 1.50. The lowest BCUT2D eigenvalue weighted by Gasteiger charge is -2.01. The van der Waals surface area contributed by atoms with Crippen LogP contribution in [0.5, 0.6) is 0 Å². The standard InChI is InChI=1S/C11H14N4/c1-8-5-10(3-4-13-8)6-15-7-11(12)9(2)14-15/h3-5,7H,6,12H2,1-2H3. The lowest BCUT2D eigenvalue weighted by atomic mass is 10.2. The van der Waals surface area contributed by atoms with Crippen LogP contribution in [0.25, 0.3) is 0 Å². The van der Waals surface area contributed by atoms with Gasteiger partial charge in [0.1, 0.15) is 0 Å². The van der Waals surface area contributed by atoms with Crippen LogP contribution >= 0.6 is 0 Å². The number of hydrogen-bond acceptors (Lipinski definition) is 3. The zero-order chi connectivity index (χ0) is 10.8. The van der Waals surface area contributed by atoms with Gasteiger partial charge in [0.2, 0.25) is 0 Å². The second-order valence-electron chi connectivity index (χ2n) is 3.67. The minimum Gasteiger partial charge on any atom is -0.396 e. The van der Waals surface area contributed by atoms with E-state index in [-0.39, 0.29) is 0 Å². The summed E-state index contributed by atoms with van der Waals surface area (Å²) in [6, 6.07) is 4.04. The lowest BCUT2D eigenvalue weighted by molar-refractivity contribution is 0.678. The van der Waals surface area contributed by atoms with E-state index in [1.165, 1.54) is 5.56 Å². The van der Waals surface area contributed by atoms with E-state index in [0.717, 1.165) is 23.6 Å². The van der Waals surface area contributed by atoms with Crippen molar-refractivity contribution in [3.05, 3.63) is 41.5 Å². The number of hydrogen-bond donors (Lipinski definition) is 1. The summed E-state index contributed by atoms with van der Waals surface area (Å²) in [7, 11) is 0. The lowest BCUT2D eigenvalue weighted by Crippen LogP contribution is -2.01. The fourth-order valence-corrected chi connectivity index (χ4v) is 1.50. The van der Waals surface area contributed by atoms with Crippen LogP contribution in [-0.4, -0.2) is 14.8 Å². The number of nitrogens with two attached hydrogens (primary N) is 1. The molecule has 0 atom stereocenters. The first-order valence-corrected chi connectivity index (χ1v) is 4.86. The van der Waals surface area contributed by atoms with Crippen molar-refractivity contribution in [3.8, 4) is 0 Å². The second-order valence-corrected chi connectivity index (χ2v) is 3.67. The van der Waals surface area contributed by atoms with E-state index in [9.17, 15) is 0 Å². The highest BCUT2D eigenvalue weighted by Crippen LogP contribution is 2.09. The number of pyridine rings is 1. The molecule has 0 fully saturated rings. The molecule has 0 spiro atoms. The third-order valence-electron chi connectivity index (χ3n) is 2.29. The van der Waals surface area contributed by atoms with Crippen LogP contribution in [0, 0.1) is 13.8 Å². The first-order chi connectivity index (χ1) is 7.15. The van der Waals surface area contributed by atoms with Crippen LogP contribution in [0.2, 0.25) is 0 Å². The summed E-state index contributed by atoms with van der Waals surface area (Å²) >= 11 is 0. The van der Waals surface area contributed by atoms with Gasteiger partial charge in [-0.3, -0.25) is 9.67 Å². The van der Waals surface area contributed by atoms with Gasteiger partial charge < -0.3 is 5.73 Å². The third-order valence-corrected chi connectivity index (χ3v) is 2.29. The number of rotatable bonds is 2. The Hall–Kier alpha value is -1.84. The van der Waals surface area contributed by atoms with E-state index >= 15 is 0 Å². The first-order valence-electron chi connectivity index (χ1n) is 4.86. The van der Waals surface area contributed by atoms with Crippen molar-refractivity contribution < 1.29 is 0 Å². The minimum absolute atomic E-state index is 0.737. The summed E-state index contributed by atoms with van der Waals surface area (Å²) in [5.74, 6) is 0. The second kappa shape index (κ2) is 3.73. The molecule has 15 heavy (non-hydrogen) atoms. The molecule has 2 aromatic rings. The monoisotopic (exact) mass is 202 g/mol. The average molecular weight is 202 g/mol. The maximum atomic E-state index is 5.73. The SMILES string of the molecule is Cc1cc(Cn2cc(N)c(C)n2)ccn1. The zero-order valence-electron chi connectivity index (χ0n) is 8.94. The molecular formula is C11H14N4. The van der Waals surface area contributed by atoms with Gasteiger partial charge in [0.25, 0.3) is 0 Å². The van der Waals surface area contributed by atoms with Crippen molar-refractivity contribution in [1.29, 1.82) is 0 Å². The Morgan fingerprint density at radius 3 is 2.80 bits per heavy atom. The van der Waals surface area contributed by atoms with Crippen LogP contribution < -0.4 is 5.73 Å². The van der Waals surface area contributed by atoms with Gasteiger partial charge in [0, 0.05) is 18.1 Å². The minimum atomic E-state index is 0.737. The zero-order valence-corrected chi connectivity index (χ0v) is 8.94. The topological polar surface area (TPSA) is 56.7 Å². The van der Waals surface area contributed by atoms with E-state index in [1.807, 2.05) is 43.1 Å². The molecule has 0 bridgehead atoms. The molecule has 2 aromatic heterocycles. The molecule has 0 aliphatic carbocycles. The highest BCUT2D eigenvalue weighted by molar-refractivity contribution is 5.39. The van der Waals surface area contributed by atoms with Crippen molar-refractivity contribution in [2.45, 2.75) is 20.4 Å². The van der Waals surface area contributed by atoms with Crippen LogP contribution in [0.4, 0.5) is 5.69 Å². The molecule has 78 valence electrons. The summed E-state index contributed by atoms with van der Waals surface area (Å²) in [6.07, 6.45) is 3.66. The molecule has 0 aliphatic rings. The highest BCUT2D eigenvalue weighted by Gasteiger charge is 2.01. The normalized spacial score (nSPS) is 10.5. The summed E-state index contributed by atoms with van der Waals surface area (Å²) in [6.45, 7) is 4.62. The Labute approximate surface area is 88.8 Å². The molecular weight excluding hydrogens is 188 g/mol. The molecule has 0 aliphatic heterocycles. The predicted octanol–water partition coefficient (Wildman–Crippen LogP) is 1.53. The predicted molar refractivity (Wildman–Crippen MR) is 59.5 cm³/mol. The number of nitrogens with zero attached hydrogens (tertiary/aromatic N) is 3. The van der Waals surface area contributed by atoms with Gasteiger partial charge in [-0.25, -0.2) is 0 Å². The highest BCUT2D eigenvalue weighted by atomic mass is 15.3.